The Bertz CT molecular complexity index is 217. The van der Waals surface area contributed by atoms with E-state index in [4.69, 9.17) is 5.11 Å². The Balaban J connectivity index is 2.13. The first-order valence-corrected chi connectivity index (χ1v) is 5.64. The Kier molecular flexibility index (Phi) is 4.54. The maximum Gasteiger partial charge on any atom is 0.220 e. The quantitative estimate of drug-likeness (QED) is 0.594. The average molecular weight is 214 g/mol. The van der Waals surface area contributed by atoms with Gasteiger partial charge >= 0.3 is 0 Å². The van der Waals surface area contributed by atoms with E-state index < -0.39 is 0 Å². The molecule has 0 radical (unpaired) electrons. The van der Waals surface area contributed by atoms with Crippen molar-refractivity contribution in [2.45, 2.75) is 39.2 Å². The Hall–Kier alpha value is -0.610. The van der Waals surface area contributed by atoms with E-state index in [0.29, 0.717) is 12.5 Å². The second kappa shape index (κ2) is 5.47. The summed E-state index contributed by atoms with van der Waals surface area (Å²) in [5, 5.41) is 15.1. The Morgan fingerprint density at radius 2 is 2.33 bits per heavy atom. The molecule has 0 saturated carbocycles. The fourth-order valence-electron chi connectivity index (χ4n) is 1.81. The second-order valence-corrected chi connectivity index (χ2v) is 5.07. The predicted octanol–water partition coefficient (Wildman–Crippen LogP) is 0.263. The minimum absolute atomic E-state index is 0.122. The van der Waals surface area contributed by atoms with Crippen molar-refractivity contribution in [1.82, 2.24) is 10.6 Å². The average Bonchev–Trinajstić information content (AvgIpc) is 2.51. The summed E-state index contributed by atoms with van der Waals surface area (Å²) in [7, 11) is 0. The number of aliphatic hydroxyl groups excluding tert-OH is 1. The van der Waals surface area contributed by atoms with Gasteiger partial charge in [-0.15, -0.1) is 0 Å². The molecule has 88 valence electrons. The van der Waals surface area contributed by atoms with Crippen LogP contribution >= 0.6 is 0 Å². The lowest BCUT2D eigenvalue weighted by Crippen LogP contribution is -2.39. The molecule has 1 atom stereocenters. The van der Waals surface area contributed by atoms with E-state index in [1.54, 1.807) is 0 Å². The highest BCUT2D eigenvalue weighted by Crippen LogP contribution is 2.18. The van der Waals surface area contributed by atoms with Crippen molar-refractivity contribution < 1.29 is 9.90 Å². The van der Waals surface area contributed by atoms with E-state index >= 15 is 0 Å². The van der Waals surface area contributed by atoms with Crippen LogP contribution in [0.2, 0.25) is 0 Å². The lowest BCUT2D eigenvalue weighted by Gasteiger charge is -2.24. The van der Waals surface area contributed by atoms with Crippen LogP contribution in [0.4, 0.5) is 0 Å². The molecule has 1 fully saturated rings. The standard InChI is InChI=1S/C11H22N2O2/c1-11(2,5-6-14)8-12-7-9-3-4-10(15)13-9/h9,12,14H,3-8H2,1-2H3,(H,13,15). The summed E-state index contributed by atoms with van der Waals surface area (Å²) < 4.78 is 0. The smallest absolute Gasteiger partial charge is 0.220 e. The molecule has 0 bridgehead atoms. The van der Waals surface area contributed by atoms with Gasteiger partial charge < -0.3 is 15.7 Å². The van der Waals surface area contributed by atoms with Crippen molar-refractivity contribution in [3.05, 3.63) is 0 Å². The minimum Gasteiger partial charge on any atom is -0.396 e. The number of hydrogen-bond acceptors (Lipinski definition) is 3. The largest absolute Gasteiger partial charge is 0.396 e. The number of hydrogen-bond donors (Lipinski definition) is 3. The summed E-state index contributed by atoms with van der Waals surface area (Å²) in [4.78, 5) is 10.9. The van der Waals surface area contributed by atoms with E-state index in [9.17, 15) is 4.79 Å². The summed E-state index contributed by atoms with van der Waals surface area (Å²) in [5.74, 6) is 0.163. The van der Waals surface area contributed by atoms with Crippen LogP contribution in [0, 0.1) is 5.41 Å². The van der Waals surface area contributed by atoms with Gasteiger partial charge in [0.05, 0.1) is 0 Å². The molecule has 1 aliphatic rings. The van der Waals surface area contributed by atoms with E-state index in [1.165, 1.54) is 0 Å². The van der Waals surface area contributed by atoms with Crippen LogP contribution in [0.3, 0.4) is 0 Å². The first-order valence-electron chi connectivity index (χ1n) is 5.64. The van der Waals surface area contributed by atoms with E-state index in [-0.39, 0.29) is 17.9 Å². The van der Waals surface area contributed by atoms with Crippen LogP contribution in [-0.2, 0) is 4.79 Å². The molecule has 3 N–H and O–H groups in total. The molecular formula is C11H22N2O2. The van der Waals surface area contributed by atoms with Gasteiger partial charge in [-0.05, 0) is 18.3 Å². The molecule has 15 heavy (non-hydrogen) atoms. The molecule has 0 spiro atoms. The predicted molar refractivity (Wildman–Crippen MR) is 59.5 cm³/mol. The number of amides is 1. The summed E-state index contributed by atoms with van der Waals surface area (Å²) >= 11 is 0. The zero-order chi connectivity index (χ0) is 11.3. The molecule has 1 saturated heterocycles. The number of nitrogens with one attached hydrogen (secondary N) is 2. The fraction of sp³-hybridized carbons (Fsp3) is 0.909. The molecule has 1 heterocycles. The molecule has 4 heteroatoms. The lowest BCUT2D eigenvalue weighted by molar-refractivity contribution is -0.119. The monoisotopic (exact) mass is 214 g/mol. The first-order chi connectivity index (χ1) is 7.03. The molecule has 0 aliphatic carbocycles. The molecule has 1 amide bonds. The zero-order valence-corrected chi connectivity index (χ0v) is 9.68. The van der Waals surface area contributed by atoms with Gasteiger partial charge in [-0.1, -0.05) is 13.8 Å². The number of carbonyl (C=O) groups is 1. The van der Waals surface area contributed by atoms with Gasteiger partial charge in [0.1, 0.15) is 0 Å². The van der Waals surface area contributed by atoms with Gasteiger partial charge in [-0.2, -0.15) is 0 Å². The highest BCUT2D eigenvalue weighted by atomic mass is 16.3. The molecular weight excluding hydrogens is 192 g/mol. The Labute approximate surface area is 91.4 Å². The van der Waals surface area contributed by atoms with Crippen molar-refractivity contribution in [3.63, 3.8) is 0 Å². The molecule has 1 rings (SSSR count). The third-order valence-electron chi connectivity index (χ3n) is 2.87. The van der Waals surface area contributed by atoms with Crippen molar-refractivity contribution in [2.24, 2.45) is 5.41 Å². The topological polar surface area (TPSA) is 61.4 Å². The van der Waals surface area contributed by atoms with Crippen LogP contribution in [0.25, 0.3) is 0 Å². The van der Waals surface area contributed by atoms with Gasteiger partial charge in [-0.25, -0.2) is 0 Å². The first kappa shape index (κ1) is 12.5. The van der Waals surface area contributed by atoms with Gasteiger partial charge in [0.25, 0.3) is 0 Å². The van der Waals surface area contributed by atoms with Gasteiger partial charge in [0.2, 0.25) is 5.91 Å². The SMILES string of the molecule is CC(C)(CCO)CNCC1CCC(=O)N1. The van der Waals surface area contributed by atoms with Crippen LogP contribution in [0.1, 0.15) is 33.1 Å². The van der Waals surface area contributed by atoms with Crippen LogP contribution < -0.4 is 10.6 Å². The van der Waals surface area contributed by atoms with Gasteiger partial charge in [-0.3, -0.25) is 4.79 Å². The Morgan fingerprint density at radius 1 is 1.60 bits per heavy atom. The number of aliphatic hydroxyl groups is 1. The molecule has 0 aromatic rings. The molecule has 1 aliphatic heterocycles. The van der Waals surface area contributed by atoms with Crippen molar-refractivity contribution in [1.29, 1.82) is 0 Å². The number of rotatable bonds is 6. The second-order valence-electron chi connectivity index (χ2n) is 5.07. The third kappa shape index (κ3) is 4.62. The highest BCUT2D eigenvalue weighted by molar-refractivity contribution is 5.78. The maximum atomic E-state index is 10.9. The third-order valence-corrected chi connectivity index (χ3v) is 2.87. The minimum atomic E-state index is 0.122. The lowest BCUT2D eigenvalue weighted by atomic mass is 9.90. The van der Waals surface area contributed by atoms with E-state index in [0.717, 1.165) is 25.9 Å². The van der Waals surface area contributed by atoms with Crippen LogP contribution in [0.15, 0.2) is 0 Å². The van der Waals surface area contributed by atoms with E-state index in [2.05, 4.69) is 24.5 Å². The molecule has 4 nitrogen and oxygen atoms in total. The van der Waals surface area contributed by atoms with Gasteiger partial charge in [0.15, 0.2) is 0 Å². The highest BCUT2D eigenvalue weighted by Gasteiger charge is 2.22. The normalized spacial score (nSPS) is 21.8. The zero-order valence-electron chi connectivity index (χ0n) is 9.68. The maximum absolute atomic E-state index is 10.9. The Morgan fingerprint density at radius 3 is 2.87 bits per heavy atom. The van der Waals surface area contributed by atoms with Crippen LogP contribution in [-0.4, -0.2) is 36.8 Å². The van der Waals surface area contributed by atoms with Gasteiger partial charge in [0, 0.05) is 32.2 Å². The molecule has 0 aromatic heterocycles. The summed E-state index contributed by atoms with van der Waals surface area (Å²) in [6.07, 6.45) is 2.40. The summed E-state index contributed by atoms with van der Waals surface area (Å²) in [6, 6.07) is 0.294. The fourth-order valence-corrected chi connectivity index (χ4v) is 1.81. The van der Waals surface area contributed by atoms with Crippen LogP contribution in [0.5, 0.6) is 0 Å². The van der Waals surface area contributed by atoms with Crippen molar-refractivity contribution in [2.75, 3.05) is 19.7 Å². The molecule has 1 unspecified atom stereocenters. The number of carbonyl (C=O) groups excluding carboxylic acids is 1. The molecule has 0 aromatic carbocycles. The van der Waals surface area contributed by atoms with Crippen molar-refractivity contribution in [3.8, 4) is 0 Å². The summed E-state index contributed by atoms with van der Waals surface area (Å²) in [6.45, 7) is 6.20. The summed E-state index contributed by atoms with van der Waals surface area (Å²) in [5.41, 5.74) is 0.122. The van der Waals surface area contributed by atoms with Crippen molar-refractivity contribution >= 4 is 5.91 Å². The van der Waals surface area contributed by atoms with E-state index in [1.807, 2.05) is 0 Å².